The Kier molecular flexibility index (Phi) is 7.12. The second-order valence-corrected chi connectivity index (χ2v) is 8.72. The molecule has 0 aliphatic heterocycles. The van der Waals surface area contributed by atoms with Gasteiger partial charge in [0.25, 0.3) is 0 Å². The van der Waals surface area contributed by atoms with Crippen molar-refractivity contribution >= 4 is 28.7 Å². The number of benzene rings is 2. The smallest absolute Gasteiger partial charge is 0.437 e. The molecule has 0 aliphatic carbocycles. The Morgan fingerprint density at radius 3 is 2.30 bits per heavy atom. The Morgan fingerprint density at radius 2 is 1.64 bits per heavy atom. The van der Waals surface area contributed by atoms with Gasteiger partial charge in [-0.1, -0.05) is 39.0 Å². The molecule has 3 rings (SSSR count). The lowest BCUT2D eigenvalue weighted by molar-refractivity contribution is -0.274. The summed E-state index contributed by atoms with van der Waals surface area (Å²) < 4.78 is 47.3. The number of thiocarbonyl (C=S) groups is 1. The number of nitrogens with zero attached hydrogens (tertiary/aromatic N) is 1. The van der Waals surface area contributed by atoms with Crippen LogP contribution in [0, 0.1) is 6.92 Å². The minimum Gasteiger partial charge on any atom is -0.437 e. The van der Waals surface area contributed by atoms with E-state index in [-0.39, 0.29) is 16.3 Å². The molecule has 0 fully saturated rings. The fourth-order valence-electron chi connectivity index (χ4n) is 3.10. The van der Waals surface area contributed by atoms with Crippen LogP contribution in [0.5, 0.6) is 17.4 Å². The van der Waals surface area contributed by atoms with E-state index in [2.05, 4.69) is 41.1 Å². The maximum atomic E-state index is 12.4. The average Bonchev–Trinajstić information content (AvgIpc) is 2.70. The van der Waals surface area contributed by atoms with Gasteiger partial charge in [-0.25, -0.2) is 4.98 Å². The molecule has 0 bridgehead atoms. The first kappa shape index (κ1) is 24.3. The van der Waals surface area contributed by atoms with Crippen molar-refractivity contribution in [1.82, 2.24) is 4.98 Å². The highest BCUT2D eigenvalue weighted by atomic mass is 32.1. The highest BCUT2D eigenvalue weighted by Gasteiger charge is 2.31. The number of alkyl halides is 3. The third-order valence-corrected chi connectivity index (χ3v) is 4.80. The third-order valence-electron chi connectivity index (χ3n) is 4.60. The first-order chi connectivity index (χ1) is 15.4. The minimum absolute atomic E-state index is 0.130. The Labute approximate surface area is 196 Å². The van der Waals surface area contributed by atoms with Gasteiger partial charge in [0.05, 0.1) is 0 Å². The van der Waals surface area contributed by atoms with E-state index in [1.807, 2.05) is 24.3 Å². The summed E-state index contributed by atoms with van der Waals surface area (Å²) in [5.41, 5.74) is 2.50. The Bertz CT molecular complexity index is 1140. The molecule has 2 aromatic carbocycles. The number of hydrogen-bond acceptors (Lipinski definition) is 4. The molecule has 0 saturated carbocycles. The van der Waals surface area contributed by atoms with Crippen LogP contribution in [0.1, 0.15) is 31.9 Å². The second-order valence-electron chi connectivity index (χ2n) is 8.31. The van der Waals surface area contributed by atoms with Crippen molar-refractivity contribution in [2.45, 2.75) is 39.5 Å². The second kappa shape index (κ2) is 9.66. The van der Waals surface area contributed by atoms with Crippen molar-refractivity contribution in [2.24, 2.45) is 0 Å². The van der Waals surface area contributed by atoms with E-state index in [0.29, 0.717) is 28.6 Å². The normalized spacial score (nSPS) is 11.6. The first-order valence-corrected chi connectivity index (χ1v) is 10.5. The van der Waals surface area contributed by atoms with Gasteiger partial charge in [0.1, 0.15) is 17.2 Å². The molecule has 9 heteroatoms. The monoisotopic (exact) mass is 475 g/mol. The van der Waals surface area contributed by atoms with Crippen LogP contribution < -0.4 is 20.1 Å². The summed E-state index contributed by atoms with van der Waals surface area (Å²) in [4.78, 5) is 4.33. The zero-order chi connectivity index (χ0) is 24.2. The molecule has 2 N–H and O–H groups in total. The number of ether oxygens (including phenoxy) is 2. The number of nitrogens with one attached hydrogen (secondary N) is 2. The van der Waals surface area contributed by atoms with Gasteiger partial charge in [0.15, 0.2) is 5.11 Å². The molecule has 0 spiro atoms. The van der Waals surface area contributed by atoms with Crippen LogP contribution in [-0.4, -0.2) is 16.5 Å². The van der Waals surface area contributed by atoms with Gasteiger partial charge in [0.2, 0.25) is 5.88 Å². The van der Waals surface area contributed by atoms with Gasteiger partial charge in [0, 0.05) is 17.4 Å². The number of aryl methyl sites for hydroxylation is 1. The number of pyridine rings is 1. The van der Waals surface area contributed by atoms with Gasteiger partial charge < -0.3 is 20.1 Å². The zero-order valence-electron chi connectivity index (χ0n) is 18.6. The largest absolute Gasteiger partial charge is 0.573 e. The summed E-state index contributed by atoms with van der Waals surface area (Å²) in [6, 6.07) is 15.2. The molecule has 174 valence electrons. The third kappa shape index (κ3) is 6.82. The van der Waals surface area contributed by atoms with E-state index < -0.39 is 6.36 Å². The molecule has 33 heavy (non-hydrogen) atoms. The van der Waals surface area contributed by atoms with Crippen molar-refractivity contribution < 1.29 is 22.6 Å². The van der Waals surface area contributed by atoms with Crippen molar-refractivity contribution in [2.75, 3.05) is 10.6 Å². The van der Waals surface area contributed by atoms with Crippen molar-refractivity contribution in [3.05, 3.63) is 71.9 Å². The summed E-state index contributed by atoms with van der Waals surface area (Å²) in [6.07, 6.45) is -3.14. The molecule has 0 aliphatic rings. The van der Waals surface area contributed by atoms with Crippen molar-refractivity contribution in [3.63, 3.8) is 0 Å². The molecule has 0 atom stereocenters. The average molecular weight is 476 g/mol. The molecule has 1 heterocycles. The number of hydrogen-bond donors (Lipinski definition) is 2. The van der Waals surface area contributed by atoms with Crippen LogP contribution in [0.2, 0.25) is 0 Å². The van der Waals surface area contributed by atoms with E-state index in [1.165, 1.54) is 18.2 Å². The van der Waals surface area contributed by atoms with E-state index in [9.17, 15) is 13.2 Å². The topological polar surface area (TPSA) is 55.4 Å². The van der Waals surface area contributed by atoms with E-state index >= 15 is 0 Å². The van der Waals surface area contributed by atoms with Crippen molar-refractivity contribution in [3.8, 4) is 17.4 Å². The van der Waals surface area contributed by atoms with Gasteiger partial charge in [-0.15, -0.1) is 13.2 Å². The molecular formula is C24H24F3N3O2S. The Balaban J connectivity index is 1.75. The quantitative estimate of drug-likeness (QED) is 0.381. The summed E-state index contributed by atoms with van der Waals surface area (Å²) >= 11 is 5.39. The van der Waals surface area contributed by atoms with Gasteiger partial charge >= 0.3 is 6.36 Å². The fraction of sp³-hybridized carbons (Fsp3) is 0.250. The van der Waals surface area contributed by atoms with Crippen LogP contribution in [0.15, 0.2) is 60.8 Å². The van der Waals surface area contributed by atoms with Crippen LogP contribution in [0.3, 0.4) is 0 Å². The fourth-order valence-corrected chi connectivity index (χ4v) is 3.32. The molecule has 1 aromatic heterocycles. The lowest BCUT2D eigenvalue weighted by Crippen LogP contribution is -2.21. The van der Waals surface area contributed by atoms with Crippen LogP contribution >= 0.6 is 12.2 Å². The maximum Gasteiger partial charge on any atom is 0.573 e. The Morgan fingerprint density at radius 1 is 0.939 bits per heavy atom. The summed E-state index contributed by atoms with van der Waals surface area (Å²) in [6.45, 7) is 7.94. The lowest BCUT2D eigenvalue weighted by Gasteiger charge is -2.23. The maximum absolute atomic E-state index is 12.4. The first-order valence-electron chi connectivity index (χ1n) is 10.1. The van der Waals surface area contributed by atoms with Gasteiger partial charge in [-0.05, 0) is 66.5 Å². The highest BCUT2D eigenvalue weighted by molar-refractivity contribution is 7.80. The molecule has 3 aromatic rings. The van der Waals surface area contributed by atoms with Crippen LogP contribution in [0.25, 0.3) is 0 Å². The van der Waals surface area contributed by atoms with Gasteiger partial charge in [-0.2, -0.15) is 0 Å². The van der Waals surface area contributed by atoms with Crippen LogP contribution in [0.4, 0.5) is 24.5 Å². The number of para-hydroxylation sites is 1. The predicted molar refractivity (Wildman–Crippen MR) is 127 cm³/mol. The summed E-state index contributed by atoms with van der Waals surface area (Å²) in [5, 5.41) is 6.24. The SMILES string of the molecule is Cc1cc(OC(F)(F)F)ccc1NC(=S)Nc1cccnc1Oc1ccccc1C(C)(C)C. The van der Waals surface area contributed by atoms with Gasteiger partial charge in [-0.3, -0.25) is 0 Å². The van der Waals surface area contributed by atoms with E-state index in [0.717, 1.165) is 5.56 Å². The molecule has 0 saturated heterocycles. The number of anilines is 2. The van der Waals surface area contributed by atoms with E-state index in [4.69, 9.17) is 17.0 Å². The molecule has 0 radical (unpaired) electrons. The highest BCUT2D eigenvalue weighted by Crippen LogP contribution is 2.35. The van der Waals surface area contributed by atoms with Crippen molar-refractivity contribution in [1.29, 1.82) is 0 Å². The molecule has 0 unspecified atom stereocenters. The number of aromatic nitrogens is 1. The summed E-state index contributed by atoms with van der Waals surface area (Å²) in [5.74, 6) is 0.718. The number of rotatable bonds is 5. The standard InChI is InChI=1S/C24H24F3N3O2S/c1-15-14-16(32-24(25,26)27)11-12-18(15)29-22(33)30-19-9-7-13-28-21(19)31-20-10-6-5-8-17(20)23(2,3)4/h5-14H,1-4H3,(H2,29,30,33). The predicted octanol–water partition coefficient (Wildman–Crippen LogP) is 7.19. The van der Waals surface area contributed by atoms with E-state index in [1.54, 1.807) is 25.3 Å². The molecule has 0 amide bonds. The Hall–Kier alpha value is -3.33. The summed E-state index contributed by atoms with van der Waals surface area (Å²) in [7, 11) is 0. The van der Waals surface area contributed by atoms with Crippen LogP contribution in [-0.2, 0) is 5.41 Å². The minimum atomic E-state index is -4.75. The molecular weight excluding hydrogens is 451 g/mol. The zero-order valence-corrected chi connectivity index (χ0v) is 19.4. The molecule has 5 nitrogen and oxygen atoms in total. The number of halogens is 3. The lowest BCUT2D eigenvalue weighted by atomic mass is 9.86.